The van der Waals surface area contributed by atoms with Crippen molar-refractivity contribution in [3.05, 3.63) is 176 Å². The maximum absolute atomic E-state index is 5.21. The molecule has 0 fully saturated rings. The van der Waals surface area contributed by atoms with E-state index in [0.29, 0.717) is 5.82 Å². The highest BCUT2D eigenvalue weighted by atomic mass is 14.9. The Morgan fingerprint density at radius 3 is 1.78 bits per heavy atom. The number of benzene rings is 5. The topological polar surface area (TPSA) is 64.5 Å². The Labute approximate surface area is 289 Å². The van der Waals surface area contributed by atoms with Gasteiger partial charge in [0.2, 0.25) is 0 Å². The fourth-order valence-corrected chi connectivity index (χ4v) is 6.57. The molecule has 0 bridgehead atoms. The zero-order valence-electron chi connectivity index (χ0n) is 27.0. The normalized spacial score (nSPS) is 11.2. The van der Waals surface area contributed by atoms with Crippen molar-refractivity contribution < 1.29 is 0 Å². The van der Waals surface area contributed by atoms with Gasteiger partial charge in [0, 0.05) is 52.4 Å². The largest absolute Gasteiger partial charge is 0.264 e. The number of aromatic nitrogens is 5. The Morgan fingerprint density at radius 2 is 1.00 bits per heavy atom. The van der Waals surface area contributed by atoms with Gasteiger partial charge in [-0.1, -0.05) is 103 Å². The van der Waals surface area contributed by atoms with Gasteiger partial charge < -0.3 is 0 Å². The highest BCUT2D eigenvalue weighted by Crippen LogP contribution is 2.37. The molecule has 0 aliphatic heterocycles. The first-order valence-corrected chi connectivity index (χ1v) is 16.6. The molecule has 9 rings (SSSR count). The summed E-state index contributed by atoms with van der Waals surface area (Å²) in [5.41, 5.74) is 12.0. The Kier molecular flexibility index (Phi) is 7.41. The summed E-state index contributed by atoms with van der Waals surface area (Å²) in [5.74, 6) is 0.622. The molecule has 0 aliphatic rings. The Bertz CT molecular complexity index is 2560. The third-order valence-electron chi connectivity index (χ3n) is 9.06. The third kappa shape index (κ3) is 5.57. The summed E-state index contributed by atoms with van der Waals surface area (Å²) in [4.78, 5) is 23.6. The van der Waals surface area contributed by atoms with Crippen LogP contribution in [0.4, 0.5) is 0 Å². The standard InChI is InChI=1S/C45H29N5/c1-2-9-31(10-3-1)39-26-41(48-40-22-21-32-11-4-5-16-38(32)44(39)40)35-13-6-12-34(25-35)30-17-19-33(20-18-30)42-27-43(36-14-7-23-46-28-36)50-45(49-42)37-15-8-24-47-29-37/h1-29H. The maximum atomic E-state index is 5.21. The van der Waals surface area contributed by atoms with Gasteiger partial charge in [0.1, 0.15) is 0 Å². The summed E-state index contributed by atoms with van der Waals surface area (Å²) in [6.07, 6.45) is 7.13. The van der Waals surface area contributed by atoms with Crippen LogP contribution in [-0.4, -0.2) is 24.9 Å². The molecular weight excluding hydrogens is 611 g/mol. The van der Waals surface area contributed by atoms with Gasteiger partial charge in [-0.2, -0.15) is 0 Å². The second-order valence-electron chi connectivity index (χ2n) is 12.2. The fourth-order valence-electron chi connectivity index (χ4n) is 6.57. The van der Waals surface area contributed by atoms with E-state index in [1.165, 1.54) is 27.3 Å². The minimum atomic E-state index is 0.622. The van der Waals surface area contributed by atoms with Gasteiger partial charge in [0.25, 0.3) is 0 Å². The number of rotatable bonds is 6. The van der Waals surface area contributed by atoms with E-state index in [1.54, 1.807) is 18.6 Å². The highest BCUT2D eigenvalue weighted by Gasteiger charge is 2.14. The lowest BCUT2D eigenvalue weighted by Gasteiger charge is -2.14. The van der Waals surface area contributed by atoms with Crippen LogP contribution >= 0.6 is 0 Å². The molecule has 0 aliphatic carbocycles. The van der Waals surface area contributed by atoms with Crippen molar-refractivity contribution in [1.29, 1.82) is 0 Å². The van der Waals surface area contributed by atoms with Crippen molar-refractivity contribution in [2.45, 2.75) is 0 Å². The lowest BCUT2D eigenvalue weighted by atomic mass is 9.94. The molecule has 5 aromatic carbocycles. The molecule has 234 valence electrons. The summed E-state index contributed by atoms with van der Waals surface area (Å²) in [6, 6.07) is 52.7. The molecule has 0 saturated heterocycles. The average Bonchev–Trinajstić information content (AvgIpc) is 3.21. The van der Waals surface area contributed by atoms with Gasteiger partial charge in [-0.05, 0) is 81.6 Å². The van der Waals surface area contributed by atoms with E-state index < -0.39 is 0 Å². The van der Waals surface area contributed by atoms with Crippen LogP contribution < -0.4 is 0 Å². The third-order valence-corrected chi connectivity index (χ3v) is 9.06. The Morgan fingerprint density at radius 1 is 0.360 bits per heavy atom. The predicted octanol–water partition coefficient (Wildman–Crippen LogP) is 11.0. The van der Waals surface area contributed by atoms with Crippen molar-refractivity contribution in [1.82, 2.24) is 24.9 Å². The van der Waals surface area contributed by atoms with Crippen molar-refractivity contribution in [3.63, 3.8) is 0 Å². The van der Waals surface area contributed by atoms with E-state index in [-0.39, 0.29) is 0 Å². The van der Waals surface area contributed by atoms with Crippen LogP contribution in [0.1, 0.15) is 0 Å². The highest BCUT2D eigenvalue weighted by molar-refractivity contribution is 6.13. The molecule has 0 radical (unpaired) electrons. The quantitative estimate of drug-likeness (QED) is 0.169. The summed E-state index contributed by atoms with van der Waals surface area (Å²) in [6.45, 7) is 0. The minimum absolute atomic E-state index is 0.622. The molecule has 0 N–H and O–H groups in total. The molecule has 0 atom stereocenters. The van der Waals surface area contributed by atoms with Gasteiger partial charge in [-0.3, -0.25) is 9.97 Å². The minimum Gasteiger partial charge on any atom is -0.264 e. The second kappa shape index (κ2) is 12.6. The van der Waals surface area contributed by atoms with Gasteiger partial charge in [-0.15, -0.1) is 0 Å². The van der Waals surface area contributed by atoms with Crippen LogP contribution in [0, 0.1) is 0 Å². The second-order valence-corrected chi connectivity index (χ2v) is 12.2. The first-order chi connectivity index (χ1) is 24.8. The molecule has 4 aromatic heterocycles. The summed E-state index contributed by atoms with van der Waals surface area (Å²) >= 11 is 0. The average molecular weight is 640 g/mol. The summed E-state index contributed by atoms with van der Waals surface area (Å²) in [7, 11) is 0. The molecule has 5 heteroatoms. The number of pyridine rings is 3. The van der Waals surface area contributed by atoms with E-state index in [1.807, 2.05) is 36.5 Å². The molecular formula is C45H29N5. The molecule has 0 unspecified atom stereocenters. The van der Waals surface area contributed by atoms with Crippen molar-refractivity contribution in [3.8, 4) is 67.4 Å². The van der Waals surface area contributed by atoms with Gasteiger partial charge >= 0.3 is 0 Å². The molecule has 9 aromatic rings. The molecule has 0 spiro atoms. The summed E-state index contributed by atoms with van der Waals surface area (Å²) in [5, 5.41) is 3.59. The van der Waals surface area contributed by atoms with Crippen molar-refractivity contribution in [2.75, 3.05) is 0 Å². The first kappa shape index (κ1) is 29.3. The zero-order valence-corrected chi connectivity index (χ0v) is 27.0. The lowest BCUT2D eigenvalue weighted by molar-refractivity contribution is 1.16. The van der Waals surface area contributed by atoms with E-state index in [9.17, 15) is 0 Å². The smallest absolute Gasteiger partial charge is 0.161 e. The maximum Gasteiger partial charge on any atom is 0.161 e. The Balaban J connectivity index is 1.10. The van der Waals surface area contributed by atoms with Crippen molar-refractivity contribution in [2.24, 2.45) is 0 Å². The van der Waals surface area contributed by atoms with Crippen LogP contribution in [0.25, 0.3) is 89.1 Å². The summed E-state index contributed by atoms with van der Waals surface area (Å²) < 4.78 is 0. The van der Waals surface area contributed by atoms with Gasteiger partial charge in [0.05, 0.1) is 22.6 Å². The van der Waals surface area contributed by atoms with E-state index in [0.717, 1.165) is 56.0 Å². The molecule has 0 saturated carbocycles. The zero-order chi connectivity index (χ0) is 33.3. The molecule has 0 amide bonds. The van der Waals surface area contributed by atoms with E-state index in [4.69, 9.17) is 15.0 Å². The number of hydrogen-bond donors (Lipinski definition) is 0. The number of nitrogens with zero attached hydrogens (tertiary/aromatic N) is 5. The van der Waals surface area contributed by atoms with Crippen molar-refractivity contribution >= 4 is 21.7 Å². The number of fused-ring (bicyclic) bond motifs is 3. The van der Waals surface area contributed by atoms with Gasteiger partial charge in [0.15, 0.2) is 5.82 Å². The molecule has 50 heavy (non-hydrogen) atoms. The number of hydrogen-bond acceptors (Lipinski definition) is 5. The van der Waals surface area contributed by atoms with Gasteiger partial charge in [-0.25, -0.2) is 15.0 Å². The molecule has 5 nitrogen and oxygen atoms in total. The Hall–Kier alpha value is -6.85. The predicted molar refractivity (Wildman–Crippen MR) is 203 cm³/mol. The van der Waals surface area contributed by atoms with E-state index in [2.05, 4.69) is 131 Å². The fraction of sp³-hybridized carbons (Fsp3) is 0. The molecule has 4 heterocycles. The SMILES string of the molecule is c1ccc(-c2cc(-c3cccc(-c4ccc(-c5cc(-c6cccnc6)nc(-c6cccnc6)n5)cc4)c3)nc3ccc4ccccc4c23)cc1. The lowest BCUT2D eigenvalue weighted by Crippen LogP contribution is -1.96. The van der Waals surface area contributed by atoms with Crippen LogP contribution in [0.3, 0.4) is 0 Å². The van der Waals surface area contributed by atoms with Crippen LogP contribution in [-0.2, 0) is 0 Å². The van der Waals surface area contributed by atoms with E-state index >= 15 is 0 Å². The van der Waals surface area contributed by atoms with Crippen LogP contribution in [0.15, 0.2) is 176 Å². The van der Waals surface area contributed by atoms with Crippen LogP contribution in [0.2, 0.25) is 0 Å². The first-order valence-electron chi connectivity index (χ1n) is 16.6. The van der Waals surface area contributed by atoms with Crippen LogP contribution in [0.5, 0.6) is 0 Å². The monoisotopic (exact) mass is 639 g/mol.